The van der Waals surface area contributed by atoms with Crippen LogP contribution in [0.25, 0.3) is 0 Å². The number of likely N-dealkylation sites (tertiary alicyclic amines) is 1. The standard InChI is InChI=1S/C23H25ClF2N4O2.C2HF3O2/c1-15(28-21(31)16-2-4-17(24)5-3-16)13-29-10-8-23(9-11-29)22(32)27-14-30(23)18-6-7-19(25)20(26)12-18;3-2(4,5)1(6)7/h2-7,12,15H,8-11,13-14H2,1H3,(H,27,32)(H,28,31);(H,6,7)/t15-;/m0./s1. The number of anilines is 1. The Labute approximate surface area is 225 Å². The van der Waals surface area contributed by atoms with Gasteiger partial charge in [-0.1, -0.05) is 11.6 Å². The Hall–Kier alpha value is -3.45. The third-order valence-corrected chi connectivity index (χ3v) is 6.75. The number of halogens is 6. The molecule has 39 heavy (non-hydrogen) atoms. The van der Waals surface area contributed by atoms with Gasteiger partial charge in [-0.15, -0.1) is 0 Å². The lowest BCUT2D eigenvalue weighted by Gasteiger charge is -2.43. The average molecular weight is 577 g/mol. The molecule has 2 aromatic carbocycles. The third kappa shape index (κ3) is 7.35. The Morgan fingerprint density at radius 1 is 1.10 bits per heavy atom. The molecule has 0 radical (unpaired) electrons. The zero-order chi connectivity index (χ0) is 29.0. The van der Waals surface area contributed by atoms with E-state index < -0.39 is 29.3 Å². The second kappa shape index (κ2) is 12.2. The topological polar surface area (TPSA) is 102 Å². The summed E-state index contributed by atoms with van der Waals surface area (Å²) in [5.41, 5.74) is 0.249. The summed E-state index contributed by atoms with van der Waals surface area (Å²) < 4.78 is 58.9. The fourth-order valence-electron chi connectivity index (χ4n) is 4.52. The van der Waals surface area contributed by atoms with Crippen molar-refractivity contribution in [1.29, 1.82) is 0 Å². The Bertz CT molecular complexity index is 1200. The molecular formula is C25H26ClF5N4O4. The lowest BCUT2D eigenvalue weighted by atomic mass is 9.85. The molecule has 3 N–H and O–H groups in total. The number of amides is 2. The summed E-state index contributed by atoms with van der Waals surface area (Å²) in [6.07, 6.45) is -3.98. The van der Waals surface area contributed by atoms with Gasteiger partial charge in [0, 0.05) is 48.0 Å². The maximum Gasteiger partial charge on any atom is 0.490 e. The van der Waals surface area contributed by atoms with Crippen molar-refractivity contribution < 1.29 is 41.4 Å². The van der Waals surface area contributed by atoms with E-state index in [9.17, 15) is 31.5 Å². The highest BCUT2D eigenvalue weighted by Crippen LogP contribution is 2.36. The second-order valence-electron chi connectivity index (χ2n) is 9.21. The molecule has 212 valence electrons. The Balaban J connectivity index is 0.000000532. The predicted octanol–water partition coefficient (Wildman–Crippen LogP) is 3.80. The first-order valence-corrected chi connectivity index (χ1v) is 12.2. The van der Waals surface area contributed by atoms with Gasteiger partial charge in [0.05, 0.1) is 6.67 Å². The van der Waals surface area contributed by atoms with Gasteiger partial charge in [-0.05, 0) is 56.2 Å². The molecule has 0 saturated carbocycles. The molecule has 0 unspecified atom stereocenters. The Morgan fingerprint density at radius 2 is 1.69 bits per heavy atom. The van der Waals surface area contributed by atoms with Crippen molar-refractivity contribution in [3.63, 3.8) is 0 Å². The van der Waals surface area contributed by atoms with Crippen LogP contribution < -0.4 is 15.5 Å². The molecule has 0 aliphatic carbocycles. The SMILES string of the molecule is C[C@@H](CN1CCC2(CC1)C(=O)NCN2c1ccc(F)c(F)c1)NC(=O)c1ccc(Cl)cc1.O=C(O)C(F)(F)F. The molecule has 1 atom stereocenters. The number of rotatable bonds is 5. The summed E-state index contributed by atoms with van der Waals surface area (Å²) in [5, 5.41) is 13.5. The first kappa shape index (κ1) is 30.1. The lowest BCUT2D eigenvalue weighted by Crippen LogP contribution is -2.57. The molecule has 2 aliphatic heterocycles. The fourth-order valence-corrected chi connectivity index (χ4v) is 4.65. The van der Waals surface area contributed by atoms with Crippen LogP contribution in [-0.4, -0.2) is 71.9 Å². The highest BCUT2D eigenvalue weighted by Gasteiger charge is 2.50. The van der Waals surface area contributed by atoms with Crippen LogP contribution >= 0.6 is 11.6 Å². The van der Waals surface area contributed by atoms with E-state index in [0.717, 1.165) is 12.1 Å². The monoisotopic (exact) mass is 576 g/mol. The molecule has 4 rings (SSSR count). The van der Waals surface area contributed by atoms with Crippen LogP contribution in [0.1, 0.15) is 30.1 Å². The number of carboxylic acids is 1. The predicted molar refractivity (Wildman–Crippen MR) is 132 cm³/mol. The zero-order valence-electron chi connectivity index (χ0n) is 20.7. The Kier molecular flexibility index (Phi) is 9.38. The number of benzene rings is 2. The van der Waals surface area contributed by atoms with Gasteiger partial charge in [-0.3, -0.25) is 9.59 Å². The first-order chi connectivity index (χ1) is 18.2. The number of hydrogen-bond acceptors (Lipinski definition) is 5. The van der Waals surface area contributed by atoms with Crippen LogP contribution in [0.3, 0.4) is 0 Å². The minimum Gasteiger partial charge on any atom is -0.475 e. The van der Waals surface area contributed by atoms with Gasteiger partial charge in [0.1, 0.15) is 5.54 Å². The smallest absolute Gasteiger partial charge is 0.475 e. The first-order valence-electron chi connectivity index (χ1n) is 11.8. The zero-order valence-corrected chi connectivity index (χ0v) is 21.5. The summed E-state index contributed by atoms with van der Waals surface area (Å²) in [4.78, 5) is 38.1. The van der Waals surface area contributed by atoms with Crippen LogP contribution in [0.15, 0.2) is 42.5 Å². The molecule has 0 bridgehead atoms. The van der Waals surface area contributed by atoms with Crippen molar-refractivity contribution in [3.8, 4) is 0 Å². The molecule has 2 aromatic rings. The number of carbonyl (C=O) groups is 3. The summed E-state index contributed by atoms with van der Waals surface area (Å²) in [6, 6.07) is 10.3. The summed E-state index contributed by atoms with van der Waals surface area (Å²) in [7, 11) is 0. The number of piperidine rings is 1. The molecule has 2 heterocycles. The van der Waals surface area contributed by atoms with Crippen LogP contribution in [0.4, 0.5) is 27.6 Å². The van der Waals surface area contributed by atoms with Gasteiger partial charge in [0.15, 0.2) is 11.6 Å². The summed E-state index contributed by atoms with van der Waals surface area (Å²) >= 11 is 5.87. The highest BCUT2D eigenvalue weighted by molar-refractivity contribution is 6.30. The van der Waals surface area contributed by atoms with Crippen molar-refractivity contribution in [2.45, 2.75) is 37.5 Å². The normalized spacial score (nSPS) is 17.7. The maximum atomic E-state index is 13.8. The van der Waals surface area contributed by atoms with Gasteiger partial charge in [-0.2, -0.15) is 13.2 Å². The van der Waals surface area contributed by atoms with Gasteiger partial charge in [0.25, 0.3) is 5.91 Å². The van der Waals surface area contributed by atoms with Crippen molar-refractivity contribution in [1.82, 2.24) is 15.5 Å². The number of nitrogens with one attached hydrogen (secondary N) is 2. The molecule has 2 fully saturated rings. The van der Waals surface area contributed by atoms with Crippen molar-refractivity contribution in [2.24, 2.45) is 0 Å². The van der Waals surface area contributed by atoms with Crippen LogP contribution in [0.5, 0.6) is 0 Å². The Morgan fingerprint density at radius 3 is 2.23 bits per heavy atom. The molecular weight excluding hydrogens is 551 g/mol. The molecule has 2 saturated heterocycles. The van der Waals surface area contributed by atoms with Crippen LogP contribution in [0, 0.1) is 11.6 Å². The fraction of sp³-hybridized carbons (Fsp3) is 0.400. The lowest BCUT2D eigenvalue weighted by molar-refractivity contribution is -0.192. The van der Waals surface area contributed by atoms with Gasteiger partial charge in [-0.25, -0.2) is 13.6 Å². The maximum absolute atomic E-state index is 13.8. The minimum absolute atomic E-state index is 0.0908. The molecule has 2 amide bonds. The highest BCUT2D eigenvalue weighted by atomic mass is 35.5. The summed E-state index contributed by atoms with van der Waals surface area (Å²) in [5.74, 6) is -4.86. The molecule has 2 aliphatic rings. The number of aliphatic carboxylic acids is 1. The number of carbonyl (C=O) groups excluding carboxylic acids is 2. The number of hydrogen-bond donors (Lipinski definition) is 3. The molecule has 0 aromatic heterocycles. The van der Waals surface area contributed by atoms with E-state index >= 15 is 0 Å². The second-order valence-corrected chi connectivity index (χ2v) is 9.64. The van der Waals surface area contributed by atoms with E-state index in [0.29, 0.717) is 48.7 Å². The molecule has 8 nitrogen and oxygen atoms in total. The summed E-state index contributed by atoms with van der Waals surface area (Å²) in [6.45, 7) is 4.14. The number of alkyl halides is 3. The van der Waals surface area contributed by atoms with E-state index in [4.69, 9.17) is 21.5 Å². The molecule has 1 spiro atoms. The average Bonchev–Trinajstić information content (AvgIpc) is 3.17. The van der Waals surface area contributed by atoms with E-state index in [2.05, 4.69) is 15.5 Å². The van der Waals surface area contributed by atoms with Gasteiger partial charge in [0.2, 0.25) is 5.91 Å². The molecule has 14 heteroatoms. The van der Waals surface area contributed by atoms with E-state index in [1.165, 1.54) is 6.07 Å². The van der Waals surface area contributed by atoms with Gasteiger partial charge >= 0.3 is 12.1 Å². The third-order valence-electron chi connectivity index (χ3n) is 6.49. The largest absolute Gasteiger partial charge is 0.490 e. The number of carboxylic acid groups (broad SMARTS) is 1. The van der Waals surface area contributed by atoms with Crippen molar-refractivity contribution in [3.05, 3.63) is 64.7 Å². The van der Waals surface area contributed by atoms with E-state index in [-0.39, 0.29) is 24.5 Å². The number of nitrogens with zero attached hydrogens (tertiary/aromatic N) is 2. The van der Waals surface area contributed by atoms with Crippen LogP contribution in [-0.2, 0) is 9.59 Å². The van der Waals surface area contributed by atoms with Crippen LogP contribution in [0.2, 0.25) is 5.02 Å². The van der Waals surface area contributed by atoms with Crippen molar-refractivity contribution in [2.75, 3.05) is 31.2 Å². The van der Waals surface area contributed by atoms with E-state index in [1.807, 2.05) is 11.8 Å². The van der Waals surface area contributed by atoms with Crippen molar-refractivity contribution >= 4 is 35.1 Å². The van der Waals surface area contributed by atoms with Gasteiger partial charge < -0.3 is 25.5 Å². The van der Waals surface area contributed by atoms with E-state index in [1.54, 1.807) is 24.3 Å². The minimum atomic E-state index is -5.08. The quantitative estimate of drug-likeness (QED) is 0.468.